The summed E-state index contributed by atoms with van der Waals surface area (Å²) >= 11 is 0. The summed E-state index contributed by atoms with van der Waals surface area (Å²) in [6.45, 7) is 2.58. The van der Waals surface area contributed by atoms with Gasteiger partial charge in [-0.3, -0.25) is 4.79 Å². The van der Waals surface area contributed by atoms with E-state index in [9.17, 15) is 4.79 Å². The Kier molecular flexibility index (Phi) is 4.45. The van der Waals surface area contributed by atoms with Crippen LogP contribution in [0.2, 0.25) is 0 Å². The lowest BCUT2D eigenvalue weighted by molar-refractivity contribution is -0.148. The lowest BCUT2D eigenvalue weighted by Gasteiger charge is -2.25. The number of rotatable bonds is 4. The summed E-state index contributed by atoms with van der Waals surface area (Å²) in [4.78, 5) is 13.4. The van der Waals surface area contributed by atoms with Gasteiger partial charge < -0.3 is 23.7 Å². The fourth-order valence-corrected chi connectivity index (χ4v) is 5.15. The molecule has 0 spiro atoms. The maximum absolute atomic E-state index is 13.4. The van der Waals surface area contributed by atoms with Gasteiger partial charge in [-0.25, -0.2) is 0 Å². The zero-order valence-electron chi connectivity index (χ0n) is 17.6. The van der Waals surface area contributed by atoms with Crippen molar-refractivity contribution in [2.24, 2.45) is 5.92 Å². The lowest BCUT2D eigenvalue weighted by atomic mass is 9.79. The molecule has 6 nitrogen and oxygen atoms in total. The zero-order chi connectivity index (χ0) is 21.7. The Balaban J connectivity index is 1.52. The van der Waals surface area contributed by atoms with Gasteiger partial charge in [0.2, 0.25) is 13.6 Å². The second-order valence-corrected chi connectivity index (χ2v) is 8.09. The molecule has 2 aliphatic heterocycles. The molecule has 0 unspecified atom stereocenters. The van der Waals surface area contributed by atoms with Crippen LogP contribution in [-0.4, -0.2) is 26.2 Å². The predicted molar refractivity (Wildman–Crippen MR) is 115 cm³/mol. The summed E-state index contributed by atoms with van der Waals surface area (Å²) in [5, 5.41) is 0. The van der Waals surface area contributed by atoms with E-state index in [-0.39, 0.29) is 31.4 Å². The second kappa shape index (κ2) is 7.48. The number of hydrogen-bond acceptors (Lipinski definition) is 6. The predicted octanol–water partition coefficient (Wildman–Crippen LogP) is 4.60. The van der Waals surface area contributed by atoms with E-state index >= 15 is 0 Å². The van der Waals surface area contributed by atoms with E-state index in [1.807, 2.05) is 55.5 Å². The maximum Gasteiger partial charge on any atom is 0.310 e. The Hall–Kier alpha value is -3.67. The molecule has 0 amide bonds. The quantitative estimate of drug-likeness (QED) is 0.564. The van der Waals surface area contributed by atoms with Crippen molar-refractivity contribution in [1.82, 2.24) is 0 Å². The largest absolute Gasteiger partial charge is 0.466 e. The van der Waals surface area contributed by atoms with Crippen LogP contribution < -0.4 is 18.9 Å². The fourth-order valence-electron chi connectivity index (χ4n) is 5.15. The van der Waals surface area contributed by atoms with E-state index in [1.54, 1.807) is 0 Å². The molecule has 3 atom stereocenters. The highest BCUT2D eigenvalue weighted by molar-refractivity contribution is 5.79. The van der Waals surface area contributed by atoms with Gasteiger partial charge in [0, 0.05) is 11.8 Å². The Labute approximate surface area is 185 Å². The Morgan fingerprint density at radius 2 is 1.28 bits per heavy atom. The zero-order valence-corrected chi connectivity index (χ0v) is 17.6. The molecule has 0 saturated carbocycles. The minimum atomic E-state index is -0.423. The molecule has 0 saturated heterocycles. The summed E-state index contributed by atoms with van der Waals surface area (Å²) in [6.07, 6.45) is 0. The van der Waals surface area contributed by atoms with Crippen LogP contribution in [0.5, 0.6) is 23.0 Å². The van der Waals surface area contributed by atoms with Crippen molar-refractivity contribution in [2.75, 3.05) is 20.2 Å². The molecule has 6 heteroatoms. The van der Waals surface area contributed by atoms with Crippen molar-refractivity contribution in [3.05, 3.63) is 82.9 Å². The highest BCUT2D eigenvalue weighted by Crippen LogP contribution is 2.54. The van der Waals surface area contributed by atoms with Crippen LogP contribution in [0.1, 0.15) is 41.0 Å². The first kappa shape index (κ1) is 19.0. The molecular weight excluding hydrogens is 408 g/mol. The van der Waals surface area contributed by atoms with Crippen molar-refractivity contribution in [1.29, 1.82) is 0 Å². The van der Waals surface area contributed by atoms with Gasteiger partial charge in [-0.1, -0.05) is 36.4 Å². The molecule has 0 bridgehead atoms. The highest BCUT2D eigenvalue weighted by atomic mass is 16.7. The van der Waals surface area contributed by atoms with E-state index in [4.69, 9.17) is 23.7 Å². The van der Waals surface area contributed by atoms with Crippen LogP contribution in [0.25, 0.3) is 0 Å². The summed E-state index contributed by atoms with van der Waals surface area (Å²) in [5.74, 6) is 1.87. The van der Waals surface area contributed by atoms with E-state index < -0.39 is 5.92 Å². The smallest absolute Gasteiger partial charge is 0.310 e. The average molecular weight is 430 g/mol. The number of hydrogen-bond donors (Lipinski definition) is 0. The van der Waals surface area contributed by atoms with Crippen LogP contribution in [0.15, 0.2) is 60.7 Å². The van der Waals surface area contributed by atoms with Gasteiger partial charge in [-0.05, 0) is 53.4 Å². The van der Waals surface area contributed by atoms with Crippen LogP contribution in [0.3, 0.4) is 0 Å². The SMILES string of the molecule is CCOC(=O)[C@@H]1[C@H](c2ccc3c(c2)OCO3)c2ccccc2[C@@H]1c1ccc2c(c1)OCO2. The number of carbonyl (C=O) groups excluding carboxylic acids is 1. The summed E-state index contributed by atoms with van der Waals surface area (Å²) in [7, 11) is 0. The van der Waals surface area contributed by atoms with E-state index in [0.717, 1.165) is 33.8 Å². The molecule has 0 aromatic heterocycles. The first-order valence-corrected chi connectivity index (χ1v) is 10.8. The molecule has 2 heterocycles. The normalized spacial score (nSPS) is 22.0. The fraction of sp³-hybridized carbons (Fsp3) is 0.269. The molecule has 0 radical (unpaired) electrons. The summed E-state index contributed by atoms with van der Waals surface area (Å²) < 4.78 is 27.8. The summed E-state index contributed by atoms with van der Waals surface area (Å²) in [5.41, 5.74) is 4.24. The van der Waals surface area contributed by atoms with Gasteiger partial charge in [0.1, 0.15) is 0 Å². The minimum absolute atomic E-state index is 0.171. The minimum Gasteiger partial charge on any atom is -0.466 e. The van der Waals surface area contributed by atoms with E-state index in [0.29, 0.717) is 18.1 Å². The first-order valence-electron chi connectivity index (χ1n) is 10.8. The third kappa shape index (κ3) is 2.90. The van der Waals surface area contributed by atoms with Gasteiger partial charge in [0.05, 0.1) is 12.5 Å². The van der Waals surface area contributed by atoms with E-state index in [1.165, 1.54) is 0 Å². The lowest BCUT2D eigenvalue weighted by Crippen LogP contribution is -2.26. The summed E-state index contributed by atoms with van der Waals surface area (Å²) in [6, 6.07) is 20.1. The van der Waals surface area contributed by atoms with Crippen LogP contribution >= 0.6 is 0 Å². The first-order chi connectivity index (χ1) is 15.7. The maximum atomic E-state index is 13.4. The number of carbonyl (C=O) groups is 1. The molecule has 3 aliphatic rings. The third-order valence-electron chi connectivity index (χ3n) is 6.45. The topological polar surface area (TPSA) is 63.2 Å². The number of fused-ring (bicyclic) bond motifs is 3. The molecule has 1 aliphatic carbocycles. The van der Waals surface area contributed by atoms with Crippen molar-refractivity contribution in [3.63, 3.8) is 0 Å². The molecule has 6 rings (SSSR count). The second-order valence-electron chi connectivity index (χ2n) is 8.09. The van der Waals surface area contributed by atoms with Gasteiger partial charge in [-0.15, -0.1) is 0 Å². The number of benzene rings is 3. The monoisotopic (exact) mass is 430 g/mol. The van der Waals surface area contributed by atoms with Crippen molar-refractivity contribution in [3.8, 4) is 23.0 Å². The van der Waals surface area contributed by atoms with Crippen molar-refractivity contribution in [2.45, 2.75) is 18.8 Å². The Morgan fingerprint density at radius 1 is 0.781 bits per heavy atom. The van der Waals surface area contributed by atoms with Crippen LogP contribution in [-0.2, 0) is 9.53 Å². The van der Waals surface area contributed by atoms with Crippen molar-refractivity contribution >= 4 is 5.97 Å². The standard InChI is InChI=1S/C26H22O6/c1-2-28-26(27)25-23(15-7-9-19-21(11-15)31-13-29-19)17-5-3-4-6-18(17)24(25)16-8-10-20-22(12-16)32-14-30-20/h3-12,23-25H,2,13-14H2,1H3/t23-,24+,25-. The molecule has 162 valence electrons. The van der Waals surface area contributed by atoms with Gasteiger partial charge in [0.25, 0.3) is 0 Å². The number of ether oxygens (including phenoxy) is 5. The molecule has 32 heavy (non-hydrogen) atoms. The molecule has 3 aromatic rings. The van der Waals surface area contributed by atoms with E-state index in [2.05, 4.69) is 12.1 Å². The molecule has 3 aromatic carbocycles. The average Bonchev–Trinajstić information content (AvgIpc) is 3.54. The van der Waals surface area contributed by atoms with Gasteiger partial charge in [0.15, 0.2) is 23.0 Å². The molecule has 0 fully saturated rings. The van der Waals surface area contributed by atoms with Crippen LogP contribution in [0, 0.1) is 5.92 Å². The van der Waals surface area contributed by atoms with Crippen molar-refractivity contribution < 1.29 is 28.5 Å². The molecule has 0 N–H and O–H groups in total. The van der Waals surface area contributed by atoms with Gasteiger partial charge >= 0.3 is 5.97 Å². The van der Waals surface area contributed by atoms with Crippen LogP contribution in [0.4, 0.5) is 0 Å². The third-order valence-corrected chi connectivity index (χ3v) is 6.45. The highest BCUT2D eigenvalue weighted by Gasteiger charge is 2.47. The molecular formula is C26H22O6. The number of esters is 1. The Bertz CT molecular complexity index is 1120. The van der Waals surface area contributed by atoms with Gasteiger partial charge in [-0.2, -0.15) is 0 Å². The Morgan fingerprint density at radius 3 is 1.78 bits per heavy atom.